The van der Waals surface area contributed by atoms with E-state index in [0.29, 0.717) is 0 Å². The van der Waals surface area contributed by atoms with Crippen LogP contribution in [0.5, 0.6) is 0 Å². The molecule has 0 spiro atoms. The molecule has 15 nitrogen and oxygen atoms in total. The van der Waals surface area contributed by atoms with E-state index in [9.17, 15) is 18.3 Å². The van der Waals surface area contributed by atoms with Crippen molar-refractivity contribution in [1.29, 1.82) is 0 Å². The molecule has 0 aliphatic carbocycles. The largest absolute Gasteiger partial charge is 0.695 e. The maximum atomic E-state index is 11.1. The van der Waals surface area contributed by atoms with Crippen molar-refractivity contribution in [3.63, 3.8) is 0 Å². The highest BCUT2D eigenvalue weighted by Gasteiger charge is 2.54. The quantitative estimate of drug-likeness (QED) is 0.220. The Hall–Kier alpha value is 0.220. The van der Waals surface area contributed by atoms with Crippen molar-refractivity contribution in [3.05, 3.63) is 0 Å². The number of phosphoric acid groups is 2. The normalized spacial score (nSPS) is 28.9. The van der Waals surface area contributed by atoms with Gasteiger partial charge in [-0.05, 0) is 0 Å². The fraction of sp³-hybridized carbons (Fsp3) is 1.00. The average Bonchev–Trinajstić information content (AvgIpc) is 2.69. The van der Waals surface area contributed by atoms with Gasteiger partial charge in [0.2, 0.25) is 0 Å². The highest BCUT2D eigenvalue weighted by molar-refractivity contribution is 7.46. The van der Waals surface area contributed by atoms with Gasteiger partial charge in [0.15, 0.2) is 6.10 Å². The van der Waals surface area contributed by atoms with Crippen molar-refractivity contribution in [2.75, 3.05) is 13.2 Å². The van der Waals surface area contributed by atoms with Crippen LogP contribution in [-0.4, -0.2) is 67.0 Å². The Labute approximate surface area is 141 Å². The van der Waals surface area contributed by atoms with E-state index in [-0.39, 0.29) is 0 Å². The molecule has 1 fully saturated rings. The third-order valence-corrected chi connectivity index (χ3v) is 4.43. The van der Waals surface area contributed by atoms with Crippen LogP contribution in [0.4, 0.5) is 0 Å². The Morgan fingerprint density at radius 1 is 0.880 bits per heavy atom. The van der Waals surface area contributed by atoms with Crippen molar-refractivity contribution in [3.8, 4) is 0 Å². The van der Waals surface area contributed by atoms with Gasteiger partial charge in [0.1, 0.15) is 24.9 Å². The van der Waals surface area contributed by atoms with Crippen LogP contribution >= 0.6 is 32.2 Å². The predicted molar refractivity (Wildman–Crippen MR) is 74.0 cm³/mol. The van der Waals surface area contributed by atoms with Gasteiger partial charge in [-0.2, -0.15) is 0 Å². The highest BCUT2D eigenvalue weighted by atomic mass is 31.2. The second-order valence-electron chi connectivity index (χ2n) is 4.40. The standard InChI is InChI=1S/C6H12O15P4/c7-22(8)17-1-3-5(20-23(9)10)6(21-25(14,15)16)4(19-3)2-18-24(11,12)13/h3-6H,1-2H2,(H4-2,7,8,9,10,11,12,13,14,15,16)/p+2/t3-,4-,5-,6-/m1/s1. The van der Waals surface area contributed by atoms with E-state index in [4.69, 9.17) is 34.1 Å². The number of rotatable bonds is 10. The van der Waals surface area contributed by atoms with E-state index in [1.807, 2.05) is 0 Å². The van der Waals surface area contributed by atoms with E-state index in [1.54, 1.807) is 0 Å². The minimum Gasteiger partial charge on any atom is -0.364 e. The summed E-state index contributed by atoms with van der Waals surface area (Å²) in [5, 5.41) is 0. The highest BCUT2D eigenvalue weighted by Crippen LogP contribution is 2.45. The van der Waals surface area contributed by atoms with Crippen LogP contribution in [0.1, 0.15) is 0 Å². The number of phosphoric ester groups is 2. The Balaban J connectivity index is 3.02. The molecule has 19 heteroatoms. The number of hydrogen-bond donors (Lipinski definition) is 6. The van der Waals surface area contributed by atoms with Gasteiger partial charge in [-0.25, -0.2) is 9.13 Å². The lowest BCUT2D eigenvalue weighted by Gasteiger charge is -2.20. The van der Waals surface area contributed by atoms with E-state index in [1.165, 1.54) is 0 Å². The van der Waals surface area contributed by atoms with Crippen molar-refractivity contribution in [1.82, 2.24) is 0 Å². The van der Waals surface area contributed by atoms with Gasteiger partial charge in [0.25, 0.3) is 0 Å². The van der Waals surface area contributed by atoms with Crippen LogP contribution in [0, 0.1) is 0 Å². The van der Waals surface area contributed by atoms with E-state index >= 15 is 0 Å². The molecule has 0 aromatic heterocycles. The van der Waals surface area contributed by atoms with E-state index < -0.39 is 69.8 Å². The van der Waals surface area contributed by atoms with Crippen molar-refractivity contribution < 1.29 is 70.5 Å². The molecule has 0 saturated carbocycles. The second kappa shape index (κ2) is 9.43. The van der Waals surface area contributed by atoms with Crippen LogP contribution in [0.3, 0.4) is 0 Å². The first-order valence-electron chi connectivity index (χ1n) is 6.00. The summed E-state index contributed by atoms with van der Waals surface area (Å²) >= 11 is 0. The summed E-state index contributed by atoms with van der Waals surface area (Å²) in [6.45, 7) is -1.67. The third kappa shape index (κ3) is 9.12. The molecule has 0 aromatic rings. The maximum absolute atomic E-state index is 11.1. The van der Waals surface area contributed by atoms with E-state index in [0.717, 1.165) is 0 Å². The lowest BCUT2D eigenvalue weighted by atomic mass is 10.1. The fourth-order valence-electron chi connectivity index (χ4n) is 1.90. The molecule has 1 aliphatic heterocycles. The molecule has 25 heavy (non-hydrogen) atoms. The molecule has 1 aliphatic rings. The first-order valence-corrected chi connectivity index (χ1v) is 11.3. The number of hydrogen-bond acceptors (Lipinski definition) is 9. The summed E-state index contributed by atoms with van der Waals surface area (Å²) in [5.41, 5.74) is 0. The Morgan fingerprint density at radius 3 is 1.88 bits per heavy atom. The summed E-state index contributed by atoms with van der Waals surface area (Å²) in [5.74, 6) is 0. The molecule has 1 saturated heterocycles. The lowest BCUT2D eigenvalue weighted by Crippen LogP contribution is -2.38. The van der Waals surface area contributed by atoms with Gasteiger partial charge < -0.3 is 24.3 Å². The van der Waals surface area contributed by atoms with Crippen molar-refractivity contribution in [2.45, 2.75) is 24.4 Å². The van der Waals surface area contributed by atoms with Gasteiger partial charge in [-0.1, -0.05) is 0 Å². The second-order valence-corrected chi connectivity index (χ2v) is 8.25. The summed E-state index contributed by atoms with van der Waals surface area (Å²) in [7, 11) is -16.6. The van der Waals surface area contributed by atoms with Crippen LogP contribution in [0.25, 0.3) is 0 Å². The molecule has 6 N–H and O–H groups in total. The van der Waals surface area contributed by atoms with E-state index in [2.05, 4.69) is 18.1 Å². The fourth-order valence-corrected chi connectivity index (χ4v) is 3.55. The number of ether oxygens (including phenoxy) is 1. The molecule has 1 rings (SSSR count). The summed E-state index contributed by atoms with van der Waals surface area (Å²) in [6.07, 6.45) is -6.53. The molecular weight excluding hydrogens is 436 g/mol. The average molecular weight is 450 g/mol. The Morgan fingerprint density at radius 2 is 1.44 bits per heavy atom. The smallest absolute Gasteiger partial charge is 0.364 e. The first kappa shape index (κ1) is 23.3. The minimum absolute atomic E-state index is 0.729. The zero-order chi connectivity index (χ0) is 19.4. The van der Waals surface area contributed by atoms with Gasteiger partial charge in [-0.15, -0.1) is 18.8 Å². The van der Waals surface area contributed by atoms with Gasteiger partial charge in [0, 0.05) is 9.13 Å². The van der Waals surface area contributed by atoms with Crippen LogP contribution in [-0.2, 0) is 41.1 Å². The molecule has 0 aromatic carbocycles. The topological polar surface area (TPSA) is 236 Å². The summed E-state index contributed by atoms with van der Waals surface area (Å²) in [4.78, 5) is 52.6. The molecular formula is C6H14O15P4+2. The van der Waals surface area contributed by atoms with Crippen LogP contribution < -0.4 is 0 Å². The SMILES string of the molecule is O=[P+](O)OC[C@H]1O[C@H](COP(=O)(O)O)[C@@H](OP(=O)(O)O)[C@@H]1O[P+](=O)O. The van der Waals surface area contributed by atoms with Gasteiger partial charge in [-0.3, -0.25) is 9.05 Å². The zero-order valence-electron chi connectivity index (χ0n) is 11.9. The van der Waals surface area contributed by atoms with Crippen molar-refractivity contribution in [2.24, 2.45) is 0 Å². The predicted octanol–water partition coefficient (Wildman–Crippen LogP) is -0.958. The first-order chi connectivity index (χ1) is 11.3. The molecule has 2 unspecified atom stereocenters. The molecule has 0 radical (unpaired) electrons. The third-order valence-electron chi connectivity index (χ3n) is 2.63. The summed E-state index contributed by atoms with van der Waals surface area (Å²) in [6, 6.07) is 0. The monoisotopic (exact) mass is 450 g/mol. The van der Waals surface area contributed by atoms with Gasteiger partial charge in [0.05, 0.1) is 6.61 Å². The maximum Gasteiger partial charge on any atom is 0.695 e. The molecule has 6 atom stereocenters. The lowest BCUT2D eigenvalue weighted by molar-refractivity contribution is -0.0337. The minimum atomic E-state index is -5.20. The zero-order valence-corrected chi connectivity index (χ0v) is 15.4. The van der Waals surface area contributed by atoms with Gasteiger partial charge >= 0.3 is 32.2 Å². The molecule has 0 amide bonds. The Kier molecular flexibility index (Phi) is 8.77. The molecule has 1 heterocycles. The molecule has 146 valence electrons. The van der Waals surface area contributed by atoms with Crippen LogP contribution in [0.15, 0.2) is 0 Å². The summed E-state index contributed by atoms with van der Waals surface area (Å²) < 4.78 is 65.8. The van der Waals surface area contributed by atoms with Crippen LogP contribution in [0.2, 0.25) is 0 Å². The molecule has 0 bridgehead atoms. The Bertz CT molecular complexity index is 581. The van der Waals surface area contributed by atoms with Crippen molar-refractivity contribution >= 4 is 32.2 Å².